The van der Waals surface area contributed by atoms with Crippen molar-refractivity contribution < 1.29 is 0 Å². The zero-order valence-electron chi connectivity index (χ0n) is 11.3. The van der Waals surface area contributed by atoms with Gasteiger partial charge in [-0.2, -0.15) is 0 Å². The highest BCUT2D eigenvalue weighted by molar-refractivity contribution is 4.91. The summed E-state index contributed by atoms with van der Waals surface area (Å²) >= 11 is 0. The maximum absolute atomic E-state index is 5.57. The van der Waals surface area contributed by atoms with Gasteiger partial charge in [0.05, 0.1) is 0 Å². The Labute approximate surface area is 101 Å². The molecule has 2 atom stereocenters. The minimum absolute atomic E-state index is 0.386. The predicted molar refractivity (Wildman–Crippen MR) is 70.0 cm³/mol. The first-order chi connectivity index (χ1) is 7.57. The molecule has 1 rings (SSSR count). The van der Waals surface area contributed by atoms with E-state index >= 15 is 0 Å². The van der Waals surface area contributed by atoms with E-state index in [9.17, 15) is 0 Å². The highest BCUT2D eigenvalue weighted by atomic mass is 15.2. The number of rotatable bonds is 5. The van der Waals surface area contributed by atoms with Crippen LogP contribution < -0.4 is 16.6 Å². The quantitative estimate of drug-likeness (QED) is 0.497. The van der Waals surface area contributed by atoms with Crippen LogP contribution >= 0.6 is 0 Å². The van der Waals surface area contributed by atoms with E-state index in [0.29, 0.717) is 17.5 Å². The summed E-state index contributed by atoms with van der Waals surface area (Å²) in [5.74, 6) is 6.43. The molecule has 3 nitrogen and oxygen atoms in total. The van der Waals surface area contributed by atoms with Gasteiger partial charge in [-0.1, -0.05) is 13.8 Å². The van der Waals surface area contributed by atoms with Gasteiger partial charge in [-0.15, -0.1) is 0 Å². The first kappa shape index (κ1) is 13.9. The number of nitrogens with two attached hydrogens (primary N) is 1. The molecule has 3 heteroatoms. The summed E-state index contributed by atoms with van der Waals surface area (Å²) in [4.78, 5) is 0. The van der Waals surface area contributed by atoms with Crippen molar-refractivity contribution in [2.75, 3.05) is 7.05 Å². The van der Waals surface area contributed by atoms with Crippen molar-refractivity contribution in [2.45, 2.75) is 65.0 Å². The van der Waals surface area contributed by atoms with Gasteiger partial charge < -0.3 is 5.32 Å². The van der Waals surface area contributed by atoms with Gasteiger partial charge in [-0.25, -0.2) is 0 Å². The Bertz CT molecular complexity index is 193. The van der Waals surface area contributed by atoms with E-state index in [2.05, 4.69) is 38.6 Å². The van der Waals surface area contributed by atoms with Crippen molar-refractivity contribution in [3.05, 3.63) is 0 Å². The third-order valence-electron chi connectivity index (χ3n) is 4.85. The summed E-state index contributed by atoms with van der Waals surface area (Å²) in [5, 5.41) is 3.45. The van der Waals surface area contributed by atoms with Gasteiger partial charge >= 0.3 is 0 Å². The van der Waals surface area contributed by atoms with Gasteiger partial charge in [0.2, 0.25) is 0 Å². The van der Waals surface area contributed by atoms with Crippen LogP contribution in [0, 0.1) is 11.3 Å². The van der Waals surface area contributed by atoms with Crippen molar-refractivity contribution in [2.24, 2.45) is 17.2 Å². The molecule has 1 aliphatic rings. The van der Waals surface area contributed by atoms with Gasteiger partial charge in [0.1, 0.15) is 0 Å². The molecule has 0 aromatic rings. The average Bonchev–Trinajstić information content (AvgIpc) is 2.32. The Morgan fingerprint density at radius 2 is 1.94 bits per heavy atom. The molecule has 1 unspecified atom stereocenters. The van der Waals surface area contributed by atoms with Crippen LogP contribution in [0.5, 0.6) is 0 Å². The van der Waals surface area contributed by atoms with Crippen molar-refractivity contribution >= 4 is 0 Å². The standard InChI is InChI=1S/C13H29N3/c1-5-12(15-4)11-6-8-13(3,9-7-11)10(2)16-14/h10-12,15-16H,5-9,14H2,1-4H3/t10-,11?,12?,13?/m0/s1. The molecular weight excluding hydrogens is 198 g/mol. The topological polar surface area (TPSA) is 50.1 Å². The van der Waals surface area contributed by atoms with E-state index in [1.807, 2.05) is 0 Å². The zero-order valence-corrected chi connectivity index (χ0v) is 11.3. The van der Waals surface area contributed by atoms with E-state index < -0.39 is 0 Å². The molecule has 0 saturated heterocycles. The second-order valence-electron chi connectivity index (χ2n) is 5.68. The Hall–Kier alpha value is -0.120. The van der Waals surface area contributed by atoms with E-state index in [1.54, 1.807) is 0 Å². The van der Waals surface area contributed by atoms with Gasteiger partial charge in [-0.05, 0) is 57.4 Å². The van der Waals surface area contributed by atoms with Gasteiger partial charge in [-0.3, -0.25) is 11.3 Å². The highest BCUT2D eigenvalue weighted by Crippen LogP contribution is 2.42. The fourth-order valence-electron chi connectivity index (χ4n) is 3.11. The maximum Gasteiger partial charge on any atom is 0.0236 e. The minimum atomic E-state index is 0.386. The Morgan fingerprint density at radius 3 is 2.31 bits per heavy atom. The summed E-state index contributed by atoms with van der Waals surface area (Å²) in [6.45, 7) is 6.85. The average molecular weight is 227 g/mol. The van der Waals surface area contributed by atoms with Crippen molar-refractivity contribution in [1.82, 2.24) is 10.7 Å². The number of hydrogen-bond donors (Lipinski definition) is 3. The lowest BCUT2D eigenvalue weighted by Gasteiger charge is -2.43. The number of hydrogen-bond acceptors (Lipinski definition) is 3. The molecule has 1 aliphatic carbocycles. The van der Waals surface area contributed by atoms with Crippen LogP contribution in [0.3, 0.4) is 0 Å². The third-order valence-corrected chi connectivity index (χ3v) is 4.85. The molecule has 0 heterocycles. The molecule has 0 amide bonds. The normalized spacial score (nSPS) is 34.7. The summed E-state index contributed by atoms with van der Waals surface area (Å²) in [6.07, 6.45) is 6.49. The molecule has 1 fully saturated rings. The zero-order chi connectivity index (χ0) is 12.2. The predicted octanol–water partition coefficient (Wildman–Crippen LogP) is 2.03. The van der Waals surface area contributed by atoms with E-state index in [1.165, 1.54) is 32.1 Å². The summed E-state index contributed by atoms with van der Waals surface area (Å²) in [5.41, 5.74) is 3.32. The van der Waals surface area contributed by atoms with Gasteiger partial charge in [0.15, 0.2) is 0 Å². The second kappa shape index (κ2) is 5.99. The number of hydrazine groups is 1. The van der Waals surface area contributed by atoms with Crippen LogP contribution in [0.4, 0.5) is 0 Å². The van der Waals surface area contributed by atoms with Crippen LogP contribution in [-0.4, -0.2) is 19.1 Å². The van der Waals surface area contributed by atoms with Crippen molar-refractivity contribution in [1.29, 1.82) is 0 Å². The highest BCUT2D eigenvalue weighted by Gasteiger charge is 2.36. The van der Waals surface area contributed by atoms with Crippen LogP contribution in [0.2, 0.25) is 0 Å². The fourth-order valence-corrected chi connectivity index (χ4v) is 3.11. The molecule has 96 valence electrons. The molecule has 0 aromatic heterocycles. The Morgan fingerprint density at radius 1 is 1.38 bits per heavy atom. The molecule has 16 heavy (non-hydrogen) atoms. The van der Waals surface area contributed by atoms with Crippen molar-refractivity contribution in [3.8, 4) is 0 Å². The van der Waals surface area contributed by atoms with E-state index in [-0.39, 0.29) is 0 Å². The summed E-state index contributed by atoms with van der Waals surface area (Å²) < 4.78 is 0. The minimum Gasteiger partial charge on any atom is -0.317 e. The SMILES string of the molecule is CCC(NC)C1CCC(C)([C@H](C)NN)CC1. The lowest BCUT2D eigenvalue weighted by atomic mass is 9.66. The molecule has 0 bridgehead atoms. The fraction of sp³-hybridized carbons (Fsp3) is 1.00. The molecular formula is C13H29N3. The summed E-state index contributed by atoms with van der Waals surface area (Å²) in [7, 11) is 2.09. The van der Waals surface area contributed by atoms with Crippen LogP contribution in [0.15, 0.2) is 0 Å². The van der Waals surface area contributed by atoms with Crippen LogP contribution in [0.1, 0.15) is 52.9 Å². The van der Waals surface area contributed by atoms with E-state index in [0.717, 1.165) is 5.92 Å². The lowest BCUT2D eigenvalue weighted by Crippen LogP contribution is -2.48. The van der Waals surface area contributed by atoms with Crippen LogP contribution in [0.25, 0.3) is 0 Å². The van der Waals surface area contributed by atoms with Crippen molar-refractivity contribution in [3.63, 3.8) is 0 Å². The molecule has 1 saturated carbocycles. The molecule has 4 N–H and O–H groups in total. The lowest BCUT2D eigenvalue weighted by molar-refractivity contribution is 0.107. The molecule has 0 aliphatic heterocycles. The van der Waals surface area contributed by atoms with Crippen LogP contribution in [-0.2, 0) is 0 Å². The third kappa shape index (κ3) is 2.96. The Balaban J connectivity index is 2.50. The second-order valence-corrected chi connectivity index (χ2v) is 5.68. The largest absolute Gasteiger partial charge is 0.317 e. The smallest absolute Gasteiger partial charge is 0.0236 e. The first-order valence-electron chi connectivity index (χ1n) is 6.70. The van der Waals surface area contributed by atoms with E-state index in [4.69, 9.17) is 5.84 Å². The molecule has 0 aromatic carbocycles. The monoisotopic (exact) mass is 227 g/mol. The molecule has 0 radical (unpaired) electrons. The summed E-state index contributed by atoms with van der Waals surface area (Å²) in [6, 6.07) is 1.12. The molecule has 0 spiro atoms. The number of nitrogens with one attached hydrogen (secondary N) is 2. The Kier molecular flexibility index (Phi) is 5.22. The van der Waals surface area contributed by atoms with Gasteiger partial charge in [0.25, 0.3) is 0 Å². The van der Waals surface area contributed by atoms with Gasteiger partial charge in [0, 0.05) is 12.1 Å². The maximum atomic E-state index is 5.57. The first-order valence-corrected chi connectivity index (χ1v) is 6.70.